The van der Waals surface area contributed by atoms with Gasteiger partial charge in [0, 0.05) is 12.1 Å². The summed E-state index contributed by atoms with van der Waals surface area (Å²) >= 11 is 0. The second-order valence-corrected chi connectivity index (χ2v) is 5.83. The van der Waals surface area contributed by atoms with E-state index < -0.39 is 0 Å². The molecule has 0 radical (unpaired) electrons. The van der Waals surface area contributed by atoms with Crippen LogP contribution in [0.15, 0.2) is 53.1 Å². The van der Waals surface area contributed by atoms with E-state index in [1.807, 2.05) is 48.5 Å². The maximum Gasteiger partial charge on any atom is 0.236 e. The minimum absolute atomic E-state index is 0.0368. The summed E-state index contributed by atoms with van der Waals surface area (Å²) in [5, 5.41) is 6.78. The number of carbonyl (C=O) groups is 1. The summed E-state index contributed by atoms with van der Waals surface area (Å²) in [5.41, 5.74) is 1.84. The van der Waals surface area contributed by atoms with Gasteiger partial charge in [0.1, 0.15) is 17.9 Å². The molecule has 0 bridgehead atoms. The summed E-state index contributed by atoms with van der Waals surface area (Å²) in [5.74, 6) is 2.10. The Bertz CT molecular complexity index is 890. The number of carbonyl (C=O) groups excluding carboxylic acids is 1. The van der Waals surface area contributed by atoms with Crippen molar-refractivity contribution < 1.29 is 18.8 Å². The van der Waals surface area contributed by atoms with Crippen LogP contribution < -0.4 is 14.8 Å². The molecule has 3 rings (SSSR count). The van der Waals surface area contributed by atoms with Gasteiger partial charge in [-0.25, -0.2) is 0 Å². The molecular weight excluding hydrogens is 346 g/mol. The lowest BCUT2D eigenvalue weighted by atomic mass is 10.1. The number of hydrogen-bond acceptors (Lipinski definition) is 6. The highest BCUT2D eigenvalue weighted by Gasteiger charge is 2.13. The summed E-state index contributed by atoms with van der Waals surface area (Å²) in [6.07, 6.45) is 0.714. The van der Waals surface area contributed by atoms with Crippen LogP contribution in [0.2, 0.25) is 0 Å². The fourth-order valence-corrected chi connectivity index (χ4v) is 2.63. The lowest BCUT2D eigenvalue weighted by Crippen LogP contribution is -2.27. The molecule has 2 aromatic carbocycles. The molecule has 1 N–H and O–H groups in total. The van der Waals surface area contributed by atoms with Gasteiger partial charge in [0.15, 0.2) is 0 Å². The first-order chi connectivity index (χ1) is 13.2. The Morgan fingerprint density at radius 3 is 2.59 bits per heavy atom. The number of aromatic nitrogens is 2. The molecule has 0 saturated carbocycles. The van der Waals surface area contributed by atoms with Gasteiger partial charge in [-0.15, -0.1) is 0 Å². The van der Waals surface area contributed by atoms with Crippen molar-refractivity contribution in [2.24, 2.45) is 0 Å². The van der Waals surface area contributed by atoms with Crippen molar-refractivity contribution in [2.75, 3.05) is 20.8 Å². The van der Waals surface area contributed by atoms with Gasteiger partial charge in [-0.1, -0.05) is 23.4 Å². The van der Waals surface area contributed by atoms with E-state index in [0.29, 0.717) is 18.8 Å². The van der Waals surface area contributed by atoms with E-state index in [4.69, 9.17) is 14.0 Å². The molecule has 1 amide bonds. The molecule has 7 heteroatoms. The number of rotatable bonds is 8. The molecule has 0 aliphatic heterocycles. The predicted molar refractivity (Wildman–Crippen MR) is 99.7 cm³/mol. The van der Waals surface area contributed by atoms with Crippen LogP contribution in [0.5, 0.6) is 11.5 Å². The maximum absolute atomic E-state index is 12.1. The van der Waals surface area contributed by atoms with Gasteiger partial charge >= 0.3 is 0 Å². The average molecular weight is 367 g/mol. The fourth-order valence-electron chi connectivity index (χ4n) is 2.63. The number of benzene rings is 2. The van der Waals surface area contributed by atoms with Gasteiger partial charge in [0.05, 0.1) is 14.2 Å². The topological polar surface area (TPSA) is 86.5 Å². The highest BCUT2D eigenvalue weighted by atomic mass is 16.5. The Hall–Kier alpha value is -3.35. The summed E-state index contributed by atoms with van der Waals surface area (Å²) in [6.45, 7) is 0.499. The lowest BCUT2D eigenvalue weighted by Gasteiger charge is -2.08. The lowest BCUT2D eigenvalue weighted by molar-refractivity contribution is -0.120. The number of ether oxygens (including phenoxy) is 2. The van der Waals surface area contributed by atoms with Crippen molar-refractivity contribution in [3.8, 4) is 22.9 Å². The third kappa shape index (κ3) is 4.84. The average Bonchev–Trinajstić information content (AvgIpc) is 3.16. The van der Waals surface area contributed by atoms with Gasteiger partial charge in [-0.2, -0.15) is 4.98 Å². The van der Waals surface area contributed by atoms with Crippen molar-refractivity contribution in [3.63, 3.8) is 0 Å². The molecule has 0 atom stereocenters. The molecule has 27 heavy (non-hydrogen) atoms. The molecule has 0 aliphatic rings. The zero-order valence-corrected chi connectivity index (χ0v) is 15.3. The monoisotopic (exact) mass is 367 g/mol. The number of methoxy groups -OCH3 is 2. The highest BCUT2D eigenvalue weighted by molar-refractivity contribution is 5.77. The third-order valence-corrected chi connectivity index (χ3v) is 4.04. The van der Waals surface area contributed by atoms with E-state index >= 15 is 0 Å². The zero-order valence-electron chi connectivity index (χ0n) is 15.3. The van der Waals surface area contributed by atoms with Crippen LogP contribution in [-0.2, 0) is 17.6 Å². The summed E-state index contributed by atoms with van der Waals surface area (Å²) in [6, 6.07) is 15.0. The van der Waals surface area contributed by atoms with Crippen molar-refractivity contribution >= 4 is 5.91 Å². The first kappa shape index (κ1) is 18.4. The van der Waals surface area contributed by atoms with Crippen LogP contribution in [0, 0.1) is 0 Å². The first-order valence-corrected chi connectivity index (χ1v) is 8.55. The smallest absolute Gasteiger partial charge is 0.236 e. The van der Waals surface area contributed by atoms with Gasteiger partial charge in [-0.3, -0.25) is 4.79 Å². The van der Waals surface area contributed by atoms with Gasteiger partial charge in [0.25, 0.3) is 0 Å². The Balaban J connectivity index is 1.51. The van der Waals surface area contributed by atoms with Gasteiger partial charge in [-0.05, 0) is 42.3 Å². The predicted octanol–water partition coefficient (Wildman–Crippen LogP) is 2.66. The maximum atomic E-state index is 12.1. The molecule has 0 saturated heterocycles. The largest absolute Gasteiger partial charge is 0.497 e. The van der Waals surface area contributed by atoms with E-state index in [2.05, 4.69) is 15.5 Å². The molecular formula is C20H21N3O4. The summed E-state index contributed by atoms with van der Waals surface area (Å²) in [4.78, 5) is 16.4. The van der Waals surface area contributed by atoms with Crippen LogP contribution in [0.4, 0.5) is 0 Å². The van der Waals surface area contributed by atoms with E-state index in [9.17, 15) is 4.79 Å². The molecule has 0 spiro atoms. The van der Waals surface area contributed by atoms with Crippen molar-refractivity contribution in [1.82, 2.24) is 15.5 Å². The molecule has 140 valence electrons. The molecule has 0 unspecified atom stereocenters. The van der Waals surface area contributed by atoms with Crippen molar-refractivity contribution in [1.29, 1.82) is 0 Å². The Labute approximate surface area is 157 Å². The minimum atomic E-state index is -0.171. The second-order valence-electron chi connectivity index (χ2n) is 5.83. The number of para-hydroxylation sites is 1. The van der Waals surface area contributed by atoms with Crippen molar-refractivity contribution in [3.05, 3.63) is 60.0 Å². The molecule has 1 heterocycles. The number of amides is 1. The Morgan fingerprint density at radius 1 is 1.07 bits per heavy atom. The Kier molecular flexibility index (Phi) is 6.04. The number of nitrogens with one attached hydrogen (secondary N) is 1. The van der Waals surface area contributed by atoms with E-state index in [1.165, 1.54) is 0 Å². The van der Waals surface area contributed by atoms with E-state index in [1.54, 1.807) is 14.2 Å². The van der Waals surface area contributed by atoms with Crippen LogP contribution in [0.25, 0.3) is 11.4 Å². The molecule has 3 aromatic rings. The van der Waals surface area contributed by atoms with Crippen LogP contribution >= 0.6 is 0 Å². The summed E-state index contributed by atoms with van der Waals surface area (Å²) in [7, 11) is 3.24. The standard InChI is InChI=1S/C20H21N3O4/c1-25-16-9-7-15(8-10-16)20-22-19(27-23-20)13-18(24)21-12-11-14-5-3-4-6-17(14)26-2/h3-10H,11-13H2,1-2H3,(H,21,24). The molecule has 0 fully saturated rings. The van der Waals surface area contributed by atoms with E-state index in [-0.39, 0.29) is 18.2 Å². The quantitative estimate of drug-likeness (QED) is 0.659. The van der Waals surface area contributed by atoms with Crippen LogP contribution in [0.3, 0.4) is 0 Å². The molecule has 0 aliphatic carbocycles. The van der Waals surface area contributed by atoms with Gasteiger partial charge < -0.3 is 19.3 Å². The van der Waals surface area contributed by atoms with Crippen molar-refractivity contribution in [2.45, 2.75) is 12.8 Å². The first-order valence-electron chi connectivity index (χ1n) is 8.55. The Morgan fingerprint density at radius 2 is 1.85 bits per heavy atom. The van der Waals surface area contributed by atoms with Gasteiger partial charge in [0.2, 0.25) is 17.6 Å². The minimum Gasteiger partial charge on any atom is -0.497 e. The van der Waals surface area contributed by atoms with Crippen LogP contribution in [-0.4, -0.2) is 36.8 Å². The van der Waals surface area contributed by atoms with E-state index in [0.717, 1.165) is 22.6 Å². The SMILES string of the molecule is COc1ccc(-c2noc(CC(=O)NCCc3ccccc3OC)n2)cc1. The molecule has 7 nitrogen and oxygen atoms in total. The fraction of sp³-hybridized carbons (Fsp3) is 0.250. The van der Waals surface area contributed by atoms with Crippen LogP contribution in [0.1, 0.15) is 11.5 Å². The molecule has 1 aromatic heterocycles. The zero-order chi connectivity index (χ0) is 19.1. The summed E-state index contributed by atoms with van der Waals surface area (Å²) < 4.78 is 15.6. The normalized spacial score (nSPS) is 10.4. The highest BCUT2D eigenvalue weighted by Crippen LogP contribution is 2.20. The third-order valence-electron chi connectivity index (χ3n) is 4.04. The number of hydrogen-bond donors (Lipinski definition) is 1. The second kappa shape index (κ2) is 8.84. The number of nitrogens with zero attached hydrogens (tertiary/aromatic N) is 2.